The van der Waals surface area contributed by atoms with Gasteiger partial charge in [-0.2, -0.15) is 12.6 Å². The van der Waals surface area contributed by atoms with Gasteiger partial charge in [-0.3, -0.25) is 19.2 Å². The minimum Gasteiger partial charge on any atom is -0.481 e. The van der Waals surface area contributed by atoms with E-state index in [0.717, 1.165) is 0 Å². The van der Waals surface area contributed by atoms with Crippen molar-refractivity contribution in [2.45, 2.75) is 57.3 Å². The molecule has 4 atom stereocenters. The van der Waals surface area contributed by atoms with Crippen LogP contribution in [0.5, 0.6) is 0 Å². The Hall–Kier alpha value is -2.38. The maximum absolute atomic E-state index is 12.5. The Labute approximate surface area is 179 Å². The number of carboxylic acid groups (broad SMARTS) is 2. The second kappa shape index (κ2) is 13.8. The molecule has 0 saturated carbocycles. The molecular weight excluding hydrogens is 420 g/mol. The first-order chi connectivity index (χ1) is 13.9. The average molecular weight is 451 g/mol. The van der Waals surface area contributed by atoms with Crippen molar-refractivity contribution in [2.24, 2.45) is 11.7 Å². The van der Waals surface area contributed by atoms with E-state index in [9.17, 15) is 24.0 Å². The van der Waals surface area contributed by atoms with Gasteiger partial charge in [-0.05, 0) is 18.8 Å². The highest BCUT2D eigenvalue weighted by Crippen LogP contribution is 2.07. The molecule has 0 aromatic heterocycles. The molecule has 0 aliphatic rings. The van der Waals surface area contributed by atoms with Crippen LogP contribution >= 0.6 is 12.6 Å². The third-order valence-electron chi connectivity index (χ3n) is 3.96. The van der Waals surface area contributed by atoms with Gasteiger partial charge in [-0.15, -0.1) is 0 Å². The summed E-state index contributed by atoms with van der Waals surface area (Å²) >= 11 is 4.00. The van der Waals surface area contributed by atoms with E-state index >= 15 is 0 Å². The summed E-state index contributed by atoms with van der Waals surface area (Å²) in [4.78, 5) is 58.6. The summed E-state index contributed by atoms with van der Waals surface area (Å²) in [6.07, 6.45) is -0.280. The van der Waals surface area contributed by atoms with Crippen LogP contribution in [0.3, 0.4) is 0 Å². The zero-order valence-corrected chi connectivity index (χ0v) is 17.7. The monoisotopic (exact) mass is 450 g/mol. The lowest BCUT2D eigenvalue weighted by Gasteiger charge is -2.25. The van der Waals surface area contributed by atoms with E-state index in [1.807, 2.05) is 0 Å². The maximum Gasteiger partial charge on any atom is 0.328 e. The van der Waals surface area contributed by atoms with E-state index in [2.05, 4.69) is 28.6 Å². The number of carbonyl (C=O) groups is 5. The molecule has 0 bridgehead atoms. The smallest absolute Gasteiger partial charge is 0.328 e. The van der Waals surface area contributed by atoms with Crippen LogP contribution in [0, 0.1) is 5.92 Å². The summed E-state index contributed by atoms with van der Waals surface area (Å²) in [6.45, 7) is 2.74. The Morgan fingerprint density at radius 1 is 0.900 bits per heavy atom. The molecule has 0 heterocycles. The molecule has 0 aromatic carbocycles. The van der Waals surface area contributed by atoms with Gasteiger partial charge in [0, 0.05) is 12.2 Å². The Morgan fingerprint density at radius 2 is 1.40 bits per heavy atom. The van der Waals surface area contributed by atoms with Crippen molar-refractivity contribution in [1.82, 2.24) is 16.0 Å². The Balaban J connectivity index is 5.12. The molecular formula is C17H30N4O8S. The van der Waals surface area contributed by atoms with Gasteiger partial charge in [-0.25, -0.2) is 4.79 Å². The summed E-state index contributed by atoms with van der Waals surface area (Å²) in [5.74, 6) is -5.04. The first kappa shape index (κ1) is 27.6. The molecule has 0 aliphatic carbocycles. The number of nitrogens with two attached hydrogens (primary N) is 1. The van der Waals surface area contributed by atoms with Crippen LogP contribution in [0.15, 0.2) is 0 Å². The highest BCUT2D eigenvalue weighted by molar-refractivity contribution is 7.80. The number of carbonyl (C=O) groups excluding carboxylic acids is 3. The molecule has 4 unspecified atom stereocenters. The number of aliphatic hydroxyl groups excluding tert-OH is 1. The number of hydrogen-bond acceptors (Lipinski definition) is 8. The molecule has 0 aliphatic heterocycles. The fourth-order valence-corrected chi connectivity index (χ4v) is 2.57. The summed E-state index contributed by atoms with van der Waals surface area (Å²) in [5.41, 5.74) is 5.61. The minimum absolute atomic E-state index is 0.0491. The van der Waals surface area contributed by atoms with Gasteiger partial charge in [0.2, 0.25) is 17.7 Å². The SMILES string of the molecule is CC(C)CC(NC(=O)C(CS)NC(=O)C(N)CCC(=O)O)C(=O)NC(CO)C(=O)O. The topological polar surface area (TPSA) is 208 Å². The van der Waals surface area contributed by atoms with Gasteiger partial charge >= 0.3 is 11.9 Å². The standard InChI is InChI=1S/C17H30N4O8S/c1-8(2)5-10(15(26)20-11(6-22)17(28)29)19-16(27)12(7-30)21-14(25)9(18)3-4-13(23)24/h8-12,22,30H,3-7,18H2,1-2H3,(H,19,27)(H,20,26)(H,21,25)(H,23,24)(H,28,29). The van der Waals surface area contributed by atoms with Crippen molar-refractivity contribution < 1.29 is 39.3 Å². The molecule has 0 spiro atoms. The van der Waals surface area contributed by atoms with Crippen molar-refractivity contribution >= 4 is 42.3 Å². The molecule has 8 N–H and O–H groups in total. The predicted octanol–water partition coefficient (Wildman–Crippen LogP) is -2.31. The highest BCUT2D eigenvalue weighted by atomic mass is 32.1. The Bertz CT molecular complexity index is 631. The zero-order chi connectivity index (χ0) is 23.4. The number of amides is 3. The third-order valence-corrected chi connectivity index (χ3v) is 4.32. The van der Waals surface area contributed by atoms with E-state index in [0.29, 0.717) is 0 Å². The Morgan fingerprint density at radius 3 is 1.83 bits per heavy atom. The normalized spacial score (nSPS) is 14.9. The van der Waals surface area contributed by atoms with E-state index in [1.165, 1.54) is 0 Å². The lowest BCUT2D eigenvalue weighted by molar-refractivity contribution is -0.143. The number of aliphatic hydroxyl groups is 1. The van der Waals surface area contributed by atoms with Crippen molar-refractivity contribution in [3.05, 3.63) is 0 Å². The maximum atomic E-state index is 12.5. The van der Waals surface area contributed by atoms with Crippen LogP contribution in [0.4, 0.5) is 0 Å². The average Bonchev–Trinajstić information content (AvgIpc) is 2.66. The van der Waals surface area contributed by atoms with E-state index in [4.69, 9.17) is 21.1 Å². The molecule has 12 nitrogen and oxygen atoms in total. The van der Waals surface area contributed by atoms with E-state index in [1.54, 1.807) is 13.8 Å². The zero-order valence-electron chi connectivity index (χ0n) is 16.8. The number of hydrogen-bond donors (Lipinski definition) is 8. The van der Waals surface area contributed by atoms with Gasteiger partial charge in [0.1, 0.15) is 18.1 Å². The molecule has 172 valence electrons. The van der Waals surface area contributed by atoms with Crippen LogP contribution in [0.1, 0.15) is 33.1 Å². The van der Waals surface area contributed by atoms with Crippen LogP contribution < -0.4 is 21.7 Å². The molecule has 0 rings (SSSR count). The molecule has 3 amide bonds. The van der Waals surface area contributed by atoms with Crippen molar-refractivity contribution in [2.75, 3.05) is 12.4 Å². The first-order valence-corrected chi connectivity index (χ1v) is 9.89. The van der Waals surface area contributed by atoms with Crippen molar-refractivity contribution in [3.63, 3.8) is 0 Å². The molecule has 0 aromatic rings. The predicted molar refractivity (Wildman–Crippen MR) is 109 cm³/mol. The van der Waals surface area contributed by atoms with Crippen LogP contribution in [0.2, 0.25) is 0 Å². The molecule has 0 fully saturated rings. The minimum atomic E-state index is -1.53. The summed E-state index contributed by atoms with van der Waals surface area (Å²) < 4.78 is 0. The number of carboxylic acids is 2. The van der Waals surface area contributed by atoms with Gasteiger partial charge in [0.25, 0.3) is 0 Å². The van der Waals surface area contributed by atoms with Crippen LogP contribution in [-0.2, 0) is 24.0 Å². The van der Waals surface area contributed by atoms with Crippen molar-refractivity contribution in [3.8, 4) is 0 Å². The fourth-order valence-electron chi connectivity index (χ4n) is 2.32. The largest absolute Gasteiger partial charge is 0.481 e. The first-order valence-electron chi connectivity index (χ1n) is 9.25. The van der Waals surface area contributed by atoms with Crippen LogP contribution in [-0.4, -0.2) is 81.5 Å². The van der Waals surface area contributed by atoms with E-state index in [-0.39, 0.29) is 30.9 Å². The third kappa shape index (κ3) is 10.4. The molecule has 0 radical (unpaired) electrons. The lowest BCUT2D eigenvalue weighted by atomic mass is 10.0. The number of nitrogens with one attached hydrogen (secondary N) is 3. The number of rotatable bonds is 14. The molecule has 13 heteroatoms. The fraction of sp³-hybridized carbons (Fsp3) is 0.706. The molecule has 0 saturated heterocycles. The second-order valence-corrected chi connectivity index (χ2v) is 7.42. The van der Waals surface area contributed by atoms with Crippen molar-refractivity contribution in [1.29, 1.82) is 0 Å². The summed E-state index contributed by atoms with van der Waals surface area (Å²) in [7, 11) is 0. The number of thiol groups is 1. The highest BCUT2D eigenvalue weighted by Gasteiger charge is 2.30. The van der Waals surface area contributed by atoms with Gasteiger partial charge in [-0.1, -0.05) is 13.8 Å². The number of aliphatic carboxylic acids is 2. The van der Waals surface area contributed by atoms with Gasteiger partial charge in [0.05, 0.1) is 12.6 Å². The quantitative estimate of drug-likeness (QED) is 0.133. The van der Waals surface area contributed by atoms with E-state index < -0.39 is 60.4 Å². The summed E-state index contributed by atoms with van der Waals surface area (Å²) in [5, 5.41) is 33.6. The second-order valence-electron chi connectivity index (χ2n) is 7.06. The van der Waals surface area contributed by atoms with Crippen LogP contribution in [0.25, 0.3) is 0 Å². The van der Waals surface area contributed by atoms with Gasteiger partial charge in [0.15, 0.2) is 0 Å². The summed E-state index contributed by atoms with van der Waals surface area (Å²) in [6, 6.07) is -4.96. The Kier molecular flexibility index (Phi) is 12.7. The lowest BCUT2D eigenvalue weighted by Crippen LogP contribution is -2.58. The van der Waals surface area contributed by atoms with Gasteiger partial charge < -0.3 is 37.0 Å². The molecule has 30 heavy (non-hydrogen) atoms.